The molecule has 0 aliphatic rings. The van der Waals surface area contributed by atoms with Crippen LogP contribution in [0.5, 0.6) is 17.2 Å². The second-order valence-electron chi connectivity index (χ2n) is 3.83. The van der Waals surface area contributed by atoms with E-state index in [2.05, 4.69) is 4.74 Å². The van der Waals surface area contributed by atoms with Crippen LogP contribution in [0.1, 0.15) is 16.1 Å². The summed E-state index contributed by atoms with van der Waals surface area (Å²) >= 11 is 1.08. The molecule has 1 aromatic heterocycles. The number of phenols is 3. The van der Waals surface area contributed by atoms with Crippen molar-refractivity contribution >= 4 is 17.7 Å². The van der Waals surface area contributed by atoms with Gasteiger partial charge in [-0.05, 0) is 18.2 Å². The monoisotopic (exact) mass is 296 g/mol. The van der Waals surface area contributed by atoms with Gasteiger partial charge in [0.2, 0.25) is 5.75 Å². The van der Waals surface area contributed by atoms with Crippen LogP contribution in [-0.4, -0.2) is 28.4 Å². The Morgan fingerprint density at radius 3 is 2.70 bits per heavy atom. The molecule has 0 aliphatic carbocycles. The minimum absolute atomic E-state index is 0.0307. The number of benzene rings is 1. The lowest BCUT2D eigenvalue weighted by molar-refractivity contribution is 0.0595. The van der Waals surface area contributed by atoms with Gasteiger partial charge in [0.15, 0.2) is 11.5 Å². The van der Waals surface area contributed by atoms with Gasteiger partial charge >= 0.3 is 5.97 Å². The molecule has 6 nitrogen and oxygen atoms in total. The van der Waals surface area contributed by atoms with Gasteiger partial charge in [0, 0.05) is 0 Å². The van der Waals surface area contributed by atoms with Crippen molar-refractivity contribution in [2.24, 2.45) is 0 Å². The summed E-state index contributed by atoms with van der Waals surface area (Å²) < 4.78 is 9.73. The van der Waals surface area contributed by atoms with Crippen LogP contribution in [0.4, 0.5) is 0 Å². The normalized spacial score (nSPS) is 10.4. The smallest absolute Gasteiger partial charge is 0.339 e. The zero-order chi connectivity index (χ0) is 14.7. The topological polar surface area (TPSA) is 100 Å². The summed E-state index contributed by atoms with van der Waals surface area (Å²) in [6.07, 6.45) is 1.51. The summed E-state index contributed by atoms with van der Waals surface area (Å²) in [6, 6.07) is 4.50. The van der Waals surface area contributed by atoms with Crippen LogP contribution in [0.25, 0.3) is 0 Å². The summed E-state index contributed by atoms with van der Waals surface area (Å²) in [5, 5.41) is 28.9. The number of hydrogen-bond acceptors (Lipinski definition) is 7. The molecule has 0 aliphatic heterocycles. The first-order chi connectivity index (χ1) is 9.54. The Hall–Kier alpha value is -2.28. The molecule has 0 saturated carbocycles. The van der Waals surface area contributed by atoms with Crippen molar-refractivity contribution in [1.82, 2.24) is 0 Å². The van der Waals surface area contributed by atoms with E-state index in [1.807, 2.05) is 0 Å². The Morgan fingerprint density at radius 1 is 1.35 bits per heavy atom. The van der Waals surface area contributed by atoms with Crippen LogP contribution >= 0.6 is 11.8 Å². The number of methoxy groups -OCH3 is 1. The predicted octanol–water partition coefficient (Wildman–Crippen LogP) is 2.48. The Balaban J connectivity index is 2.38. The molecule has 0 unspecified atom stereocenters. The third-order valence-electron chi connectivity index (χ3n) is 2.55. The lowest BCUT2D eigenvalue weighted by atomic mass is 10.2. The standard InChI is InChI=1S/C13H12O6S/c1-18-13(17)8-5-9(14)10(15)11(16)12(8)20-6-7-3-2-4-19-7/h2-5,14-16H,6H2,1H3. The van der Waals surface area contributed by atoms with E-state index in [1.54, 1.807) is 12.1 Å². The average Bonchev–Trinajstić information content (AvgIpc) is 2.96. The van der Waals surface area contributed by atoms with E-state index in [-0.39, 0.29) is 10.5 Å². The van der Waals surface area contributed by atoms with E-state index in [4.69, 9.17) is 4.42 Å². The molecule has 0 amide bonds. The van der Waals surface area contributed by atoms with Gasteiger partial charge in [-0.25, -0.2) is 4.79 Å². The maximum Gasteiger partial charge on any atom is 0.339 e. The Morgan fingerprint density at radius 2 is 2.10 bits per heavy atom. The van der Waals surface area contributed by atoms with Gasteiger partial charge < -0.3 is 24.5 Å². The molecule has 0 saturated heterocycles. The van der Waals surface area contributed by atoms with Crippen LogP contribution in [0.2, 0.25) is 0 Å². The van der Waals surface area contributed by atoms with Crippen LogP contribution in [0, 0.1) is 0 Å². The summed E-state index contributed by atoms with van der Waals surface area (Å²) in [7, 11) is 1.18. The lowest BCUT2D eigenvalue weighted by Gasteiger charge is -2.11. The second-order valence-corrected chi connectivity index (χ2v) is 4.81. The number of carbonyl (C=O) groups excluding carboxylic acids is 1. The lowest BCUT2D eigenvalue weighted by Crippen LogP contribution is -2.03. The first-order valence-corrected chi connectivity index (χ1v) is 6.54. The summed E-state index contributed by atoms with van der Waals surface area (Å²) in [4.78, 5) is 11.8. The van der Waals surface area contributed by atoms with E-state index >= 15 is 0 Å². The highest BCUT2D eigenvalue weighted by molar-refractivity contribution is 7.98. The first kappa shape index (κ1) is 14.1. The zero-order valence-corrected chi connectivity index (χ0v) is 11.3. The third kappa shape index (κ3) is 2.67. The molecule has 2 aromatic rings. The Labute approximate surface area is 118 Å². The molecule has 0 fully saturated rings. The van der Waals surface area contributed by atoms with Gasteiger partial charge in [0.1, 0.15) is 5.76 Å². The summed E-state index contributed by atoms with van der Waals surface area (Å²) in [5.74, 6) is -1.59. The molecule has 0 spiro atoms. The average molecular weight is 296 g/mol. The predicted molar refractivity (Wildman–Crippen MR) is 71.0 cm³/mol. The maximum absolute atomic E-state index is 11.6. The van der Waals surface area contributed by atoms with Gasteiger partial charge in [-0.3, -0.25) is 0 Å². The summed E-state index contributed by atoms with van der Waals surface area (Å²) in [6.45, 7) is 0. The maximum atomic E-state index is 11.6. The zero-order valence-electron chi connectivity index (χ0n) is 10.5. The molecular weight excluding hydrogens is 284 g/mol. The largest absolute Gasteiger partial charge is 0.504 e. The van der Waals surface area contributed by atoms with E-state index in [0.717, 1.165) is 17.8 Å². The molecule has 20 heavy (non-hydrogen) atoms. The van der Waals surface area contributed by atoms with Crippen molar-refractivity contribution in [2.75, 3.05) is 7.11 Å². The molecule has 1 heterocycles. The van der Waals surface area contributed by atoms with Crippen molar-refractivity contribution in [3.05, 3.63) is 35.8 Å². The van der Waals surface area contributed by atoms with Gasteiger partial charge in [-0.1, -0.05) is 0 Å². The van der Waals surface area contributed by atoms with Crippen molar-refractivity contribution in [1.29, 1.82) is 0 Å². The minimum atomic E-state index is -0.724. The highest BCUT2D eigenvalue weighted by Gasteiger charge is 2.22. The Bertz CT molecular complexity index is 620. The molecule has 3 N–H and O–H groups in total. The second kappa shape index (κ2) is 5.79. The number of ether oxygens (including phenoxy) is 1. The van der Waals surface area contributed by atoms with Crippen LogP contribution in [0.3, 0.4) is 0 Å². The molecule has 7 heteroatoms. The number of aromatic hydroxyl groups is 3. The number of phenolic OH excluding ortho intramolecular Hbond substituents is 3. The third-order valence-corrected chi connectivity index (χ3v) is 3.68. The van der Waals surface area contributed by atoms with E-state index < -0.39 is 23.2 Å². The number of esters is 1. The quantitative estimate of drug-likeness (QED) is 0.452. The van der Waals surface area contributed by atoms with Crippen LogP contribution in [-0.2, 0) is 10.5 Å². The van der Waals surface area contributed by atoms with Crippen molar-refractivity contribution in [3.63, 3.8) is 0 Å². The minimum Gasteiger partial charge on any atom is -0.504 e. The SMILES string of the molecule is COC(=O)c1cc(O)c(O)c(O)c1SCc1ccco1. The van der Waals surface area contributed by atoms with Gasteiger partial charge in [-0.2, -0.15) is 0 Å². The highest BCUT2D eigenvalue weighted by Crippen LogP contribution is 2.45. The summed E-state index contributed by atoms with van der Waals surface area (Å²) in [5.41, 5.74) is -0.0307. The van der Waals surface area contributed by atoms with Crippen molar-refractivity contribution in [2.45, 2.75) is 10.6 Å². The molecular formula is C13H12O6S. The van der Waals surface area contributed by atoms with E-state index in [0.29, 0.717) is 11.5 Å². The molecule has 0 radical (unpaired) electrons. The van der Waals surface area contributed by atoms with Crippen LogP contribution < -0.4 is 0 Å². The number of furan rings is 1. The van der Waals surface area contributed by atoms with E-state index in [1.165, 1.54) is 13.4 Å². The first-order valence-electron chi connectivity index (χ1n) is 5.56. The van der Waals surface area contributed by atoms with Gasteiger partial charge in [-0.15, -0.1) is 11.8 Å². The molecule has 0 bridgehead atoms. The van der Waals surface area contributed by atoms with E-state index in [9.17, 15) is 20.1 Å². The number of carbonyl (C=O) groups is 1. The van der Waals surface area contributed by atoms with Crippen LogP contribution in [0.15, 0.2) is 33.8 Å². The number of thioether (sulfide) groups is 1. The molecule has 106 valence electrons. The van der Waals surface area contributed by atoms with Crippen molar-refractivity contribution in [3.8, 4) is 17.2 Å². The molecule has 0 atom stereocenters. The highest BCUT2D eigenvalue weighted by atomic mass is 32.2. The number of hydrogen-bond donors (Lipinski definition) is 3. The molecule has 1 aromatic carbocycles. The van der Waals surface area contributed by atoms with Gasteiger partial charge in [0.05, 0.1) is 29.6 Å². The number of rotatable bonds is 4. The fourth-order valence-corrected chi connectivity index (χ4v) is 2.55. The Kier molecular flexibility index (Phi) is 4.09. The molecule has 2 rings (SSSR count). The fourth-order valence-electron chi connectivity index (χ4n) is 1.57. The van der Waals surface area contributed by atoms with Crippen molar-refractivity contribution < 1.29 is 29.3 Å². The fraction of sp³-hybridized carbons (Fsp3) is 0.154. The van der Waals surface area contributed by atoms with Gasteiger partial charge in [0.25, 0.3) is 0 Å².